The summed E-state index contributed by atoms with van der Waals surface area (Å²) in [6, 6.07) is 0. The van der Waals surface area contributed by atoms with Crippen molar-refractivity contribution < 1.29 is 9.90 Å². The lowest BCUT2D eigenvalue weighted by atomic mass is 10.0. The molecule has 0 radical (unpaired) electrons. The molecule has 106 valence electrons. The van der Waals surface area contributed by atoms with E-state index in [0.717, 1.165) is 25.2 Å². The Hall–Kier alpha value is -0.790. The van der Waals surface area contributed by atoms with Crippen LogP contribution in [0.1, 0.15) is 78.1 Å². The molecule has 1 atom stereocenters. The maximum Gasteiger partial charge on any atom is 0.303 e. The highest BCUT2D eigenvalue weighted by molar-refractivity contribution is 5.66. The van der Waals surface area contributed by atoms with Crippen molar-refractivity contribution in [2.24, 2.45) is 5.92 Å². The number of carboxylic acids is 1. The summed E-state index contributed by atoms with van der Waals surface area (Å²) in [4.78, 5) is 10.3. The molecular formula is C16H30O2. The lowest BCUT2D eigenvalue weighted by Gasteiger charge is -2.06. The molecule has 0 saturated heterocycles. The molecule has 0 saturated carbocycles. The van der Waals surface area contributed by atoms with Crippen LogP contribution in [0.4, 0.5) is 0 Å². The maximum atomic E-state index is 10.3. The Balaban J connectivity index is 3.16. The average molecular weight is 254 g/mol. The summed E-state index contributed by atoms with van der Waals surface area (Å²) in [5.74, 6) is 0.204. The van der Waals surface area contributed by atoms with E-state index in [2.05, 4.69) is 26.0 Å². The molecule has 0 aromatic rings. The highest BCUT2D eigenvalue weighted by atomic mass is 16.4. The van der Waals surface area contributed by atoms with Crippen molar-refractivity contribution in [3.8, 4) is 0 Å². The summed E-state index contributed by atoms with van der Waals surface area (Å²) in [6.07, 6.45) is 15.4. The fourth-order valence-corrected chi connectivity index (χ4v) is 1.91. The second-order valence-corrected chi connectivity index (χ2v) is 5.26. The molecule has 0 spiro atoms. The summed E-state index contributed by atoms with van der Waals surface area (Å²) in [5, 5.41) is 8.48. The minimum absolute atomic E-state index is 0.309. The molecule has 0 fully saturated rings. The molecule has 0 aliphatic rings. The van der Waals surface area contributed by atoms with Gasteiger partial charge in [-0.15, -0.1) is 0 Å². The fraction of sp³-hybridized carbons (Fsp3) is 0.812. The van der Waals surface area contributed by atoms with Gasteiger partial charge in [0.05, 0.1) is 0 Å². The van der Waals surface area contributed by atoms with Gasteiger partial charge in [-0.1, -0.05) is 51.7 Å². The van der Waals surface area contributed by atoms with Crippen LogP contribution in [0, 0.1) is 5.92 Å². The van der Waals surface area contributed by atoms with Crippen molar-refractivity contribution in [3.63, 3.8) is 0 Å². The third-order valence-electron chi connectivity index (χ3n) is 3.44. The highest BCUT2D eigenvalue weighted by Gasteiger charge is 1.97. The lowest BCUT2D eigenvalue weighted by Crippen LogP contribution is -1.92. The second kappa shape index (κ2) is 12.7. The van der Waals surface area contributed by atoms with E-state index in [1.54, 1.807) is 0 Å². The number of allylic oxidation sites excluding steroid dienone is 2. The summed E-state index contributed by atoms with van der Waals surface area (Å²) in [5.41, 5.74) is 0. The van der Waals surface area contributed by atoms with Gasteiger partial charge in [0.2, 0.25) is 0 Å². The zero-order chi connectivity index (χ0) is 13.6. The summed E-state index contributed by atoms with van der Waals surface area (Å²) in [7, 11) is 0. The minimum Gasteiger partial charge on any atom is -0.481 e. The zero-order valence-electron chi connectivity index (χ0n) is 12.2. The Morgan fingerprint density at radius 1 is 1.06 bits per heavy atom. The standard InChI is InChI=1S/C16H30O2/c1-3-15(2)13-11-9-7-5-4-6-8-10-12-14-16(17)18/h4,6,15H,3,5,7-14H2,1-2H3,(H,17,18)/b6-4-/t15-/m1/s1. The summed E-state index contributed by atoms with van der Waals surface area (Å²) in [6.45, 7) is 4.59. The van der Waals surface area contributed by atoms with Crippen molar-refractivity contribution in [1.29, 1.82) is 0 Å². The molecule has 2 nitrogen and oxygen atoms in total. The molecule has 0 aromatic heterocycles. The molecule has 0 amide bonds. The lowest BCUT2D eigenvalue weighted by molar-refractivity contribution is -0.137. The van der Waals surface area contributed by atoms with Crippen LogP contribution in [0.3, 0.4) is 0 Å². The first-order valence-electron chi connectivity index (χ1n) is 7.53. The number of rotatable bonds is 12. The van der Waals surface area contributed by atoms with Crippen LogP contribution in [-0.2, 0) is 4.79 Å². The van der Waals surface area contributed by atoms with Crippen molar-refractivity contribution in [3.05, 3.63) is 12.2 Å². The third-order valence-corrected chi connectivity index (χ3v) is 3.44. The van der Waals surface area contributed by atoms with E-state index in [9.17, 15) is 4.79 Å². The Labute approximate surface area is 112 Å². The van der Waals surface area contributed by atoms with Gasteiger partial charge in [-0.2, -0.15) is 0 Å². The van der Waals surface area contributed by atoms with Crippen LogP contribution in [0.25, 0.3) is 0 Å². The Morgan fingerprint density at radius 3 is 2.22 bits per heavy atom. The number of carbonyl (C=O) groups is 1. The Bertz CT molecular complexity index is 221. The molecule has 18 heavy (non-hydrogen) atoms. The SMILES string of the molecule is CC[C@@H](C)CCCCC/C=C\CCCCC(=O)O. The van der Waals surface area contributed by atoms with Crippen LogP contribution in [0.2, 0.25) is 0 Å². The van der Waals surface area contributed by atoms with Crippen LogP contribution in [-0.4, -0.2) is 11.1 Å². The van der Waals surface area contributed by atoms with E-state index >= 15 is 0 Å². The largest absolute Gasteiger partial charge is 0.481 e. The predicted octanol–water partition coefficient (Wildman–Crippen LogP) is 5.18. The number of unbranched alkanes of at least 4 members (excludes halogenated alkanes) is 5. The van der Waals surface area contributed by atoms with Gasteiger partial charge in [-0.05, 0) is 38.0 Å². The van der Waals surface area contributed by atoms with E-state index in [0.29, 0.717) is 6.42 Å². The molecule has 0 bridgehead atoms. The molecule has 0 aliphatic carbocycles. The smallest absolute Gasteiger partial charge is 0.303 e. The van der Waals surface area contributed by atoms with Gasteiger partial charge in [0.25, 0.3) is 0 Å². The van der Waals surface area contributed by atoms with Crippen molar-refractivity contribution in [1.82, 2.24) is 0 Å². The molecule has 0 heterocycles. The van der Waals surface area contributed by atoms with Gasteiger partial charge in [-0.25, -0.2) is 0 Å². The number of hydrogen-bond acceptors (Lipinski definition) is 1. The van der Waals surface area contributed by atoms with E-state index < -0.39 is 5.97 Å². The molecular weight excluding hydrogens is 224 g/mol. The van der Waals surface area contributed by atoms with E-state index in [1.807, 2.05) is 0 Å². The van der Waals surface area contributed by atoms with Crippen molar-refractivity contribution in [2.45, 2.75) is 78.1 Å². The third kappa shape index (κ3) is 13.3. The molecule has 0 aliphatic heterocycles. The molecule has 2 heteroatoms. The van der Waals surface area contributed by atoms with Crippen molar-refractivity contribution >= 4 is 5.97 Å². The average Bonchev–Trinajstić information content (AvgIpc) is 2.35. The van der Waals surface area contributed by atoms with Crippen LogP contribution in [0.5, 0.6) is 0 Å². The first-order chi connectivity index (χ1) is 8.66. The van der Waals surface area contributed by atoms with Crippen molar-refractivity contribution in [2.75, 3.05) is 0 Å². The maximum absolute atomic E-state index is 10.3. The fourth-order valence-electron chi connectivity index (χ4n) is 1.91. The van der Waals surface area contributed by atoms with Gasteiger partial charge < -0.3 is 5.11 Å². The van der Waals surface area contributed by atoms with E-state index in [1.165, 1.54) is 38.5 Å². The second-order valence-electron chi connectivity index (χ2n) is 5.26. The first-order valence-corrected chi connectivity index (χ1v) is 7.53. The Morgan fingerprint density at radius 2 is 1.67 bits per heavy atom. The van der Waals surface area contributed by atoms with E-state index in [4.69, 9.17) is 5.11 Å². The quantitative estimate of drug-likeness (QED) is 0.384. The Kier molecular flexibility index (Phi) is 12.1. The molecule has 0 aromatic carbocycles. The molecule has 0 rings (SSSR count). The predicted molar refractivity (Wildman–Crippen MR) is 77.8 cm³/mol. The molecule has 0 unspecified atom stereocenters. The van der Waals surface area contributed by atoms with Gasteiger partial charge in [-0.3, -0.25) is 4.79 Å². The van der Waals surface area contributed by atoms with Crippen LogP contribution in [0.15, 0.2) is 12.2 Å². The van der Waals surface area contributed by atoms with Gasteiger partial charge >= 0.3 is 5.97 Å². The van der Waals surface area contributed by atoms with Crippen LogP contribution < -0.4 is 0 Å². The topological polar surface area (TPSA) is 37.3 Å². The van der Waals surface area contributed by atoms with Gasteiger partial charge in [0, 0.05) is 6.42 Å². The molecule has 1 N–H and O–H groups in total. The summed E-state index contributed by atoms with van der Waals surface area (Å²) >= 11 is 0. The van der Waals surface area contributed by atoms with E-state index in [-0.39, 0.29) is 0 Å². The highest BCUT2D eigenvalue weighted by Crippen LogP contribution is 2.13. The van der Waals surface area contributed by atoms with Gasteiger partial charge in [0.1, 0.15) is 0 Å². The minimum atomic E-state index is -0.680. The summed E-state index contributed by atoms with van der Waals surface area (Å²) < 4.78 is 0. The van der Waals surface area contributed by atoms with Crippen LogP contribution >= 0.6 is 0 Å². The van der Waals surface area contributed by atoms with Gasteiger partial charge in [0.15, 0.2) is 0 Å². The number of hydrogen-bond donors (Lipinski definition) is 1. The zero-order valence-corrected chi connectivity index (χ0v) is 12.2. The number of aliphatic carboxylic acids is 1. The normalized spacial score (nSPS) is 13.0. The monoisotopic (exact) mass is 254 g/mol. The number of carboxylic acid groups (broad SMARTS) is 1. The first kappa shape index (κ1) is 17.2.